The lowest BCUT2D eigenvalue weighted by molar-refractivity contribution is 0.0390. The fraction of sp³-hybridized carbons (Fsp3) is 0.533. The van der Waals surface area contributed by atoms with Crippen LogP contribution in [0.5, 0.6) is 5.75 Å². The molecule has 0 radical (unpaired) electrons. The summed E-state index contributed by atoms with van der Waals surface area (Å²) in [5.41, 5.74) is 0.00460. The first kappa shape index (κ1) is 16.4. The van der Waals surface area contributed by atoms with Crippen LogP contribution in [-0.2, 0) is 0 Å². The average molecular weight is 278 g/mol. The number of hydrogen-bond acceptors (Lipinski definition) is 5. The third-order valence-electron chi connectivity index (χ3n) is 3.15. The lowest BCUT2D eigenvalue weighted by Crippen LogP contribution is -2.40. The highest BCUT2D eigenvalue weighted by Crippen LogP contribution is 2.17. The van der Waals surface area contributed by atoms with E-state index in [0.29, 0.717) is 31.0 Å². The average Bonchev–Trinajstić information content (AvgIpc) is 2.47. The van der Waals surface area contributed by atoms with Crippen LogP contribution in [0, 0.1) is 16.7 Å². The molecule has 0 spiro atoms. The number of benzene rings is 1. The van der Waals surface area contributed by atoms with Crippen molar-refractivity contribution in [1.82, 2.24) is 4.90 Å². The molecule has 0 saturated carbocycles. The number of nitriles is 1. The van der Waals surface area contributed by atoms with Crippen LogP contribution < -0.4 is 4.74 Å². The lowest BCUT2D eigenvalue weighted by Gasteiger charge is -2.30. The SMILES string of the molecule is CN(CCOc1ccccc1C#N)CC(C)(CO)CO. The highest BCUT2D eigenvalue weighted by molar-refractivity contribution is 5.42. The van der Waals surface area contributed by atoms with Gasteiger partial charge in [0.1, 0.15) is 18.4 Å². The molecule has 1 aromatic carbocycles. The van der Waals surface area contributed by atoms with Crippen LogP contribution in [0.2, 0.25) is 0 Å². The van der Waals surface area contributed by atoms with Gasteiger partial charge in [0, 0.05) is 18.5 Å². The maximum absolute atomic E-state index is 9.25. The van der Waals surface area contributed by atoms with Crippen molar-refractivity contribution in [3.8, 4) is 11.8 Å². The van der Waals surface area contributed by atoms with Crippen molar-refractivity contribution in [2.75, 3.05) is 40.0 Å². The van der Waals surface area contributed by atoms with Gasteiger partial charge in [-0.25, -0.2) is 0 Å². The number of likely N-dealkylation sites (N-methyl/N-ethyl adjacent to an activating group) is 1. The summed E-state index contributed by atoms with van der Waals surface area (Å²) in [6, 6.07) is 9.19. The van der Waals surface area contributed by atoms with Crippen molar-refractivity contribution in [2.45, 2.75) is 6.92 Å². The standard InChI is InChI=1S/C15H22N2O3/c1-15(11-18,12-19)10-17(2)7-8-20-14-6-4-3-5-13(14)9-16/h3-6,18-19H,7-8,10-12H2,1-2H3. The second-order valence-electron chi connectivity index (χ2n) is 5.32. The molecule has 0 aromatic heterocycles. The molecule has 1 rings (SSSR count). The number of hydrogen-bond donors (Lipinski definition) is 2. The third-order valence-corrected chi connectivity index (χ3v) is 3.15. The quantitative estimate of drug-likeness (QED) is 0.737. The lowest BCUT2D eigenvalue weighted by atomic mass is 9.92. The van der Waals surface area contributed by atoms with E-state index in [0.717, 1.165) is 0 Å². The number of aliphatic hydroxyl groups excluding tert-OH is 2. The number of rotatable bonds is 8. The second kappa shape index (κ2) is 7.85. The van der Waals surface area contributed by atoms with Gasteiger partial charge in [0.15, 0.2) is 0 Å². The van der Waals surface area contributed by atoms with Gasteiger partial charge in [-0.15, -0.1) is 0 Å². The van der Waals surface area contributed by atoms with E-state index < -0.39 is 5.41 Å². The predicted octanol–water partition coefficient (Wildman–Crippen LogP) is 0.860. The van der Waals surface area contributed by atoms with Gasteiger partial charge in [-0.05, 0) is 19.2 Å². The Morgan fingerprint density at radius 2 is 1.95 bits per heavy atom. The summed E-state index contributed by atoms with van der Waals surface area (Å²) in [5, 5.41) is 27.5. The summed E-state index contributed by atoms with van der Waals surface area (Å²) in [6.45, 7) is 3.37. The van der Waals surface area contributed by atoms with E-state index in [1.807, 2.05) is 24.9 Å². The Kier molecular flexibility index (Phi) is 6.46. The van der Waals surface area contributed by atoms with Gasteiger partial charge < -0.3 is 19.8 Å². The van der Waals surface area contributed by atoms with Gasteiger partial charge in [-0.1, -0.05) is 19.1 Å². The molecule has 0 fully saturated rings. The minimum atomic E-state index is -0.515. The minimum Gasteiger partial charge on any atom is -0.491 e. The van der Waals surface area contributed by atoms with Crippen LogP contribution in [0.4, 0.5) is 0 Å². The summed E-state index contributed by atoms with van der Waals surface area (Å²) in [7, 11) is 1.91. The van der Waals surface area contributed by atoms with Crippen LogP contribution in [0.25, 0.3) is 0 Å². The monoisotopic (exact) mass is 278 g/mol. The molecular weight excluding hydrogens is 256 g/mol. The fourth-order valence-corrected chi connectivity index (χ4v) is 1.88. The molecule has 110 valence electrons. The zero-order valence-electron chi connectivity index (χ0n) is 12.0. The molecular formula is C15H22N2O3. The summed E-state index contributed by atoms with van der Waals surface area (Å²) in [5.74, 6) is 0.579. The first-order chi connectivity index (χ1) is 9.54. The van der Waals surface area contributed by atoms with Gasteiger partial charge in [-0.2, -0.15) is 5.26 Å². The molecule has 0 bridgehead atoms. The van der Waals surface area contributed by atoms with Crippen molar-refractivity contribution in [3.63, 3.8) is 0 Å². The fourth-order valence-electron chi connectivity index (χ4n) is 1.88. The normalized spacial score (nSPS) is 11.4. The Hall–Kier alpha value is -1.61. The van der Waals surface area contributed by atoms with Crippen molar-refractivity contribution in [3.05, 3.63) is 29.8 Å². The number of ether oxygens (including phenoxy) is 1. The molecule has 0 aliphatic carbocycles. The third kappa shape index (κ3) is 4.82. The van der Waals surface area contributed by atoms with E-state index in [2.05, 4.69) is 6.07 Å². The zero-order chi connectivity index (χ0) is 15.0. The highest BCUT2D eigenvalue weighted by atomic mass is 16.5. The van der Waals surface area contributed by atoms with Gasteiger partial charge in [0.05, 0.1) is 18.8 Å². The van der Waals surface area contributed by atoms with Gasteiger partial charge in [-0.3, -0.25) is 0 Å². The van der Waals surface area contributed by atoms with Crippen LogP contribution in [0.3, 0.4) is 0 Å². The second-order valence-corrected chi connectivity index (χ2v) is 5.32. The summed E-state index contributed by atoms with van der Waals surface area (Å²) in [4.78, 5) is 1.99. The van der Waals surface area contributed by atoms with Gasteiger partial charge >= 0.3 is 0 Å². The smallest absolute Gasteiger partial charge is 0.137 e. The Balaban J connectivity index is 2.43. The molecule has 0 aliphatic rings. The summed E-state index contributed by atoms with van der Waals surface area (Å²) in [6.07, 6.45) is 0. The van der Waals surface area contributed by atoms with Crippen molar-refractivity contribution < 1.29 is 14.9 Å². The molecule has 20 heavy (non-hydrogen) atoms. The Labute approximate surface area is 120 Å². The Bertz CT molecular complexity index is 453. The maximum atomic E-state index is 9.25. The molecule has 2 N–H and O–H groups in total. The predicted molar refractivity (Wildman–Crippen MR) is 76.4 cm³/mol. The Morgan fingerprint density at radius 1 is 1.30 bits per heavy atom. The summed E-state index contributed by atoms with van der Waals surface area (Å²) < 4.78 is 5.59. The minimum absolute atomic E-state index is 0.0635. The molecule has 0 amide bonds. The largest absolute Gasteiger partial charge is 0.491 e. The molecule has 5 nitrogen and oxygen atoms in total. The molecule has 0 heterocycles. The first-order valence-electron chi connectivity index (χ1n) is 6.57. The van der Waals surface area contributed by atoms with Crippen LogP contribution in [-0.4, -0.2) is 55.1 Å². The molecule has 5 heteroatoms. The maximum Gasteiger partial charge on any atom is 0.137 e. The highest BCUT2D eigenvalue weighted by Gasteiger charge is 2.24. The van der Waals surface area contributed by atoms with E-state index >= 15 is 0 Å². The van der Waals surface area contributed by atoms with Crippen LogP contribution in [0.1, 0.15) is 12.5 Å². The van der Waals surface area contributed by atoms with E-state index in [4.69, 9.17) is 10.00 Å². The summed E-state index contributed by atoms with van der Waals surface area (Å²) >= 11 is 0. The topological polar surface area (TPSA) is 76.7 Å². The van der Waals surface area contributed by atoms with Crippen molar-refractivity contribution >= 4 is 0 Å². The molecule has 0 saturated heterocycles. The first-order valence-corrected chi connectivity index (χ1v) is 6.57. The molecule has 0 unspecified atom stereocenters. The molecule has 0 atom stereocenters. The number of nitrogens with zero attached hydrogens (tertiary/aromatic N) is 2. The van der Waals surface area contributed by atoms with Crippen LogP contribution in [0.15, 0.2) is 24.3 Å². The van der Waals surface area contributed by atoms with E-state index in [1.54, 1.807) is 18.2 Å². The zero-order valence-corrected chi connectivity index (χ0v) is 12.0. The van der Waals surface area contributed by atoms with E-state index in [-0.39, 0.29) is 13.2 Å². The van der Waals surface area contributed by atoms with Crippen LogP contribution >= 0.6 is 0 Å². The van der Waals surface area contributed by atoms with Crippen molar-refractivity contribution in [2.24, 2.45) is 5.41 Å². The van der Waals surface area contributed by atoms with Gasteiger partial charge in [0.25, 0.3) is 0 Å². The van der Waals surface area contributed by atoms with Crippen molar-refractivity contribution in [1.29, 1.82) is 5.26 Å². The number of para-hydroxylation sites is 1. The molecule has 1 aromatic rings. The van der Waals surface area contributed by atoms with Gasteiger partial charge in [0.2, 0.25) is 0 Å². The van der Waals surface area contributed by atoms with E-state index in [9.17, 15) is 10.2 Å². The molecule has 0 aliphatic heterocycles. The van der Waals surface area contributed by atoms with E-state index in [1.165, 1.54) is 0 Å². The number of aliphatic hydroxyl groups is 2. The Morgan fingerprint density at radius 3 is 2.55 bits per heavy atom.